The molecule has 7 heteroatoms. The fourth-order valence-electron chi connectivity index (χ4n) is 3.30. The maximum absolute atomic E-state index is 13.3. The lowest BCUT2D eigenvalue weighted by atomic mass is 10.1. The number of halogens is 1. The predicted octanol–water partition coefficient (Wildman–Crippen LogP) is 4.33. The lowest BCUT2D eigenvalue weighted by Gasteiger charge is -2.30. The van der Waals surface area contributed by atoms with Crippen molar-refractivity contribution in [2.24, 2.45) is 0 Å². The van der Waals surface area contributed by atoms with Crippen LogP contribution < -0.4 is 14.8 Å². The van der Waals surface area contributed by atoms with Gasteiger partial charge in [-0.05, 0) is 61.2 Å². The summed E-state index contributed by atoms with van der Waals surface area (Å²) < 4.78 is 24.1. The van der Waals surface area contributed by atoms with E-state index in [4.69, 9.17) is 9.47 Å². The van der Waals surface area contributed by atoms with Crippen molar-refractivity contribution in [1.29, 1.82) is 0 Å². The van der Waals surface area contributed by atoms with Gasteiger partial charge in [0, 0.05) is 19.5 Å². The number of hydrogen-bond donors (Lipinski definition) is 1. The van der Waals surface area contributed by atoms with E-state index in [0.717, 1.165) is 17.7 Å². The first-order chi connectivity index (χ1) is 15.5. The van der Waals surface area contributed by atoms with Gasteiger partial charge >= 0.3 is 0 Å². The van der Waals surface area contributed by atoms with Crippen LogP contribution in [0.25, 0.3) is 0 Å². The van der Waals surface area contributed by atoms with Crippen molar-refractivity contribution in [2.75, 3.05) is 20.3 Å². The molecule has 1 N–H and O–H groups in total. The molecule has 2 aromatic rings. The van der Waals surface area contributed by atoms with E-state index in [2.05, 4.69) is 5.32 Å². The molecule has 1 unspecified atom stereocenters. The maximum Gasteiger partial charge on any atom is 0.242 e. The van der Waals surface area contributed by atoms with E-state index >= 15 is 0 Å². The highest BCUT2D eigenvalue weighted by molar-refractivity contribution is 5.87. The van der Waals surface area contributed by atoms with Crippen molar-refractivity contribution in [1.82, 2.24) is 10.2 Å². The molecule has 0 aliphatic carbocycles. The normalized spacial score (nSPS) is 11.5. The van der Waals surface area contributed by atoms with Gasteiger partial charge in [0.15, 0.2) is 0 Å². The summed E-state index contributed by atoms with van der Waals surface area (Å²) in [6.45, 7) is 5.04. The van der Waals surface area contributed by atoms with Gasteiger partial charge in [-0.15, -0.1) is 0 Å². The van der Waals surface area contributed by atoms with Crippen molar-refractivity contribution in [3.8, 4) is 11.5 Å². The SMILES string of the molecule is CCCNC(=O)C(CC)N(Cc1ccc(F)cc1)C(=O)CCCOc1ccc(OC)cc1. The van der Waals surface area contributed by atoms with E-state index in [0.29, 0.717) is 31.7 Å². The molecule has 0 fully saturated rings. The lowest BCUT2D eigenvalue weighted by Crippen LogP contribution is -2.49. The van der Waals surface area contributed by atoms with E-state index < -0.39 is 6.04 Å². The summed E-state index contributed by atoms with van der Waals surface area (Å²) in [5, 5.41) is 2.88. The quantitative estimate of drug-likeness (QED) is 0.467. The first-order valence-electron chi connectivity index (χ1n) is 11.1. The molecule has 0 heterocycles. The number of nitrogens with one attached hydrogen (secondary N) is 1. The molecular formula is C25H33FN2O4. The average Bonchev–Trinajstić information content (AvgIpc) is 2.81. The zero-order valence-corrected chi connectivity index (χ0v) is 19.1. The lowest BCUT2D eigenvalue weighted by molar-refractivity contribution is -0.141. The zero-order chi connectivity index (χ0) is 23.3. The van der Waals surface area contributed by atoms with Crippen molar-refractivity contribution < 1.29 is 23.5 Å². The molecule has 0 aromatic heterocycles. The molecular weight excluding hydrogens is 411 g/mol. The van der Waals surface area contributed by atoms with Gasteiger partial charge < -0.3 is 19.7 Å². The molecule has 0 spiro atoms. The molecule has 0 aliphatic rings. The summed E-state index contributed by atoms with van der Waals surface area (Å²) in [5.74, 6) is 0.809. The topological polar surface area (TPSA) is 67.9 Å². The van der Waals surface area contributed by atoms with Crippen LogP contribution >= 0.6 is 0 Å². The monoisotopic (exact) mass is 444 g/mol. The summed E-state index contributed by atoms with van der Waals surface area (Å²) in [6, 6.07) is 12.7. The zero-order valence-electron chi connectivity index (χ0n) is 19.1. The van der Waals surface area contributed by atoms with Crippen LogP contribution in [0.2, 0.25) is 0 Å². The predicted molar refractivity (Wildman–Crippen MR) is 122 cm³/mol. The molecule has 0 radical (unpaired) electrons. The molecule has 0 aliphatic heterocycles. The summed E-state index contributed by atoms with van der Waals surface area (Å²) in [6.07, 6.45) is 2.06. The van der Waals surface area contributed by atoms with Gasteiger partial charge in [-0.2, -0.15) is 0 Å². The van der Waals surface area contributed by atoms with Crippen LogP contribution in [0.3, 0.4) is 0 Å². The second kappa shape index (κ2) is 13.3. The molecule has 0 saturated carbocycles. The number of methoxy groups -OCH3 is 1. The third kappa shape index (κ3) is 7.87. The highest BCUT2D eigenvalue weighted by atomic mass is 19.1. The van der Waals surface area contributed by atoms with Crippen LogP contribution in [0.1, 0.15) is 45.1 Å². The van der Waals surface area contributed by atoms with Gasteiger partial charge in [0.1, 0.15) is 23.4 Å². The third-order valence-electron chi connectivity index (χ3n) is 5.06. The minimum atomic E-state index is -0.582. The van der Waals surface area contributed by atoms with E-state index in [9.17, 15) is 14.0 Å². The second-order valence-corrected chi connectivity index (χ2v) is 7.49. The number of ether oxygens (including phenoxy) is 2. The Morgan fingerprint density at radius 2 is 1.69 bits per heavy atom. The molecule has 174 valence electrons. The Balaban J connectivity index is 2.01. The fraction of sp³-hybridized carbons (Fsp3) is 0.440. The minimum absolute atomic E-state index is 0.133. The highest BCUT2D eigenvalue weighted by Crippen LogP contribution is 2.18. The Morgan fingerprint density at radius 1 is 1.03 bits per heavy atom. The second-order valence-electron chi connectivity index (χ2n) is 7.49. The van der Waals surface area contributed by atoms with Crippen LogP contribution in [0.15, 0.2) is 48.5 Å². The molecule has 0 saturated heterocycles. The average molecular weight is 445 g/mol. The number of carbonyl (C=O) groups is 2. The van der Waals surface area contributed by atoms with Crippen LogP contribution in [0, 0.1) is 5.82 Å². The number of rotatable bonds is 13. The van der Waals surface area contributed by atoms with Gasteiger partial charge in [0.2, 0.25) is 11.8 Å². The Kier molecular flexibility index (Phi) is 10.5. The first kappa shape index (κ1) is 25.2. The molecule has 6 nitrogen and oxygen atoms in total. The number of carbonyl (C=O) groups excluding carboxylic acids is 2. The van der Waals surface area contributed by atoms with Crippen molar-refractivity contribution in [3.05, 3.63) is 59.9 Å². The van der Waals surface area contributed by atoms with Gasteiger partial charge in [0.25, 0.3) is 0 Å². The number of amides is 2. The largest absolute Gasteiger partial charge is 0.497 e. The van der Waals surface area contributed by atoms with Crippen LogP contribution in [0.5, 0.6) is 11.5 Å². The third-order valence-corrected chi connectivity index (χ3v) is 5.06. The Hall–Kier alpha value is -3.09. The van der Waals surface area contributed by atoms with Crippen molar-refractivity contribution in [3.63, 3.8) is 0 Å². The van der Waals surface area contributed by atoms with E-state index in [1.54, 1.807) is 24.1 Å². The van der Waals surface area contributed by atoms with Crippen LogP contribution in [0.4, 0.5) is 4.39 Å². The summed E-state index contributed by atoms with van der Waals surface area (Å²) >= 11 is 0. The van der Waals surface area contributed by atoms with Gasteiger partial charge in [-0.3, -0.25) is 9.59 Å². The van der Waals surface area contributed by atoms with E-state index in [-0.39, 0.29) is 30.6 Å². The van der Waals surface area contributed by atoms with Crippen LogP contribution in [-0.4, -0.2) is 43.0 Å². The van der Waals surface area contributed by atoms with E-state index in [1.807, 2.05) is 38.1 Å². The molecule has 1 atom stereocenters. The molecule has 0 bridgehead atoms. The maximum atomic E-state index is 13.3. The van der Waals surface area contributed by atoms with Gasteiger partial charge in [0.05, 0.1) is 13.7 Å². The number of nitrogens with zero attached hydrogens (tertiary/aromatic N) is 1. The van der Waals surface area contributed by atoms with Gasteiger partial charge in [-0.1, -0.05) is 26.0 Å². The first-order valence-corrected chi connectivity index (χ1v) is 11.1. The molecule has 32 heavy (non-hydrogen) atoms. The standard InChI is InChI=1S/C25H33FN2O4/c1-4-16-27-25(30)23(5-2)28(18-19-8-10-20(26)11-9-19)24(29)7-6-17-32-22-14-12-21(31-3)13-15-22/h8-15,23H,4-7,16-18H2,1-3H3,(H,27,30). The molecule has 2 amide bonds. The van der Waals surface area contributed by atoms with Crippen molar-refractivity contribution >= 4 is 11.8 Å². The molecule has 2 aromatic carbocycles. The fourth-order valence-corrected chi connectivity index (χ4v) is 3.30. The Labute approximate surface area is 189 Å². The minimum Gasteiger partial charge on any atom is -0.497 e. The number of benzene rings is 2. The smallest absolute Gasteiger partial charge is 0.242 e. The summed E-state index contributed by atoms with van der Waals surface area (Å²) in [5.41, 5.74) is 0.774. The van der Waals surface area contributed by atoms with E-state index in [1.165, 1.54) is 12.1 Å². The summed E-state index contributed by atoms with van der Waals surface area (Å²) in [7, 11) is 1.60. The number of hydrogen-bond acceptors (Lipinski definition) is 4. The van der Waals surface area contributed by atoms with Crippen LogP contribution in [-0.2, 0) is 16.1 Å². The summed E-state index contributed by atoms with van der Waals surface area (Å²) in [4.78, 5) is 27.4. The van der Waals surface area contributed by atoms with Crippen molar-refractivity contribution in [2.45, 2.75) is 52.1 Å². The Bertz CT molecular complexity index is 840. The highest BCUT2D eigenvalue weighted by Gasteiger charge is 2.28. The Morgan fingerprint density at radius 3 is 2.28 bits per heavy atom. The van der Waals surface area contributed by atoms with Gasteiger partial charge in [-0.25, -0.2) is 4.39 Å². The molecule has 2 rings (SSSR count).